The Morgan fingerprint density at radius 2 is 2.28 bits per heavy atom. The molecule has 5 nitrogen and oxygen atoms in total. The molecule has 1 amide bonds. The van der Waals surface area contributed by atoms with Gasteiger partial charge in [0.25, 0.3) is 5.91 Å². The lowest BCUT2D eigenvalue weighted by Crippen LogP contribution is -2.53. The molecule has 1 aromatic heterocycles. The first-order valence-corrected chi connectivity index (χ1v) is 8.39. The summed E-state index contributed by atoms with van der Waals surface area (Å²) in [6.45, 7) is 3.61. The van der Waals surface area contributed by atoms with Crippen LogP contribution in [0.1, 0.15) is 27.9 Å². The van der Waals surface area contributed by atoms with Crippen LogP contribution in [0.4, 0.5) is 4.39 Å². The van der Waals surface area contributed by atoms with Gasteiger partial charge in [0, 0.05) is 37.6 Å². The number of likely N-dealkylation sites (tertiary alicyclic amines) is 1. The summed E-state index contributed by atoms with van der Waals surface area (Å²) in [5.74, 6) is -0.761. The van der Waals surface area contributed by atoms with E-state index in [0.717, 1.165) is 18.7 Å². The summed E-state index contributed by atoms with van der Waals surface area (Å²) in [4.78, 5) is 18.5. The monoisotopic (exact) mass is 343 g/mol. The zero-order valence-corrected chi connectivity index (χ0v) is 14.2. The van der Waals surface area contributed by atoms with Crippen molar-refractivity contribution in [3.05, 3.63) is 65.2 Å². The van der Waals surface area contributed by atoms with Gasteiger partial charge in [-0.25, -0.2) is 4.39 Å². The van der Waals surface area contributed by atoms with Gasteiger partial charge in [-0.05, 0) is 42.7 Å². The summed E-state index contributed by atoms with van der Waals surface area (Å²) < 4.78 is 13.6. The Labute approximate surface area is 146 Å². The lowest BCUT2D eigenvalue weighted by Gasteiger charge is -2.36. The van der Waals surface area contributed by atoms with Crippen molar-refractivity contribution in [2.24, 2.45) is 0 Å². The molecule has 0 radical (unpaired) electrons. The molecule has 1 aliphatic rings. The molecule has 0 bridgehead atoms. The number of aliphatic hydroxyl groups excluding tert-OH is 1. The molecule has 3 rings (SSSR count). The second-order valence-corrected chi connectivity index (χ2v) is 6.50. The molecule has 2 N–H and O–H groups in total. The summed E-state index contributed by atoms with van der Waals surface area (Å²) in [5, 5.41) is 13.2. The quantitative estimate of drug-likeness (QED) is 0.890. The van der Waals surface area contributed by atoms with E-state index in [1.54, 1.807) is 25.3 Å². The average Bonchev–Trinajstić information content (AvgIpc) is 2.60. The molecule has 2 atom stereocenters. The van der Waals surface area contributed by atoms with Crippen LogP contribution in [0.3, 0.4) is 0 Å². The highest BCUT2D eigenvalue weighted by molar-refractivity contribution is 5.94. The maximum Gasteiger partial charge on any atom is 0.251 e. The number of aryl methyl sites for hydroxylation is 1. The highest BCUT2D eigenvalue weighted by Gasteiger charge is 2.29. The first-order valence-electron chi connectivity index (χ1n) is 8.39. The van der Waals surface area contributed by atoms with Gasteiger partial charge in [-0.1, -0.05) is 12.1 Å². The van der Waals surface area contributed by atoms with Crippen LogP contribution in [-0.4, -0.2) is 46.1 Å². The number of nitrogens with zero attached hydrogens (tertiary/aromatic N) is 2. The minimum absolute atomic E-state index is 0.271. The molecule has 2 aromatic rings. The lowest BCUT2D eigenvalue weighted by atomic mass is 10.0. The molecule has 0 unspecified atom stereocenters. The number of rotatable bonds is 4. The highest BCUT2D eigenvalue weighted by atomic mass is 19.1. The van der Waals surface area contributed by atoms with Crippen molar-refractivity contribution in [1.82, 2.24) is 15.2 Å². The molecule has 0 spiro atoms. The van der Waals surface area contributed by atoms with E-state index in [9.17, 15) is 14.3 Å². The van der Waals surface area contributed by atoms with E-state index in [4.69, 9.17) is 0 Å². The Balaban J connectivity index is 1.56. The third-order valence-corrected chi connectivity index (χ3v) is 4.55. The third kappa shape index (κ3) is 4.41. The summed E-state index contributed by atoms with van der Waals surface area (Å²) in [5.41, 5.74) is 1.86. The van der Waals surface area contributed by atoms with E-state index >= 15 is 0 Å². The minimum Gasteiger partial charge on any atom is -0.390 e. The van der Waals surface area contributed by atoms with Crippen molar-refractivity contribution >= 4 is 5.91 Å². The molecule has 1 saturated heterocycles. The fraction of sp³-hybridized carbons (Fsp3) is 0.368. The molecular weight excluding hydrogens is 321 g/mol. The molecule has 0 aliphatic carbocycles. The standard InChI is InChI=1S/C19H22FN3O2/c1-13-4-5-15(9-16(13)20)19(25)22-17-6-8-23(12-18(17)24)11-14-3-2-7-21-10-14/h2-5,7,9-10,17-18,24H,6,8,11-12H2,1H3,(H,22,25)/t17-,18-/m0/s1. The lowest BCUT2D eigenvalue weighted by molar-refractivity contribution is 0.0349. The molecule has 25 heavy (non-hydrogen) atoms. The summed E-state index contributed by atoms with van der Waals surface area (Å²) in [7, 11) is 0. The number of amides is 1. The highest BCUT2D eigenvalue weighted by Crippen LogP contribution is 2.15. The van der Waals surface area contributed by atoms with E-state index in [2.05, 4.69) is 15.2 Å². The van der Waals surface area contributed by atoms with Crippen molar-refractivity contribution in [3.8, 4) is 0 Å². The average molecular weight is 343 g/mol. The molecule has 6 heteroatoms. The normalized spacial score (nSPS) is 21.1. The molecule has 0 saturated carbocycles. The number of nitrogens with one attached hydrogen (secondary N) is 1. The van der Waals surface area contributed by atoms with Gasteiger partial charge in [0.15, 0.2) is 0 Å². The number of halogens is 1. The third-order valence-electron chi connectivity index (χ3n) is 4.55. The molecule has 132 valence electrons. The second-order valence-electron chi connectivity index (χ2n) is 6.50. The van der Waals surface area contributed by atoms with E-state index in [0.29, 0.717) is 18.5 Å². The van der Waals surface area contributed by atoms with Crippen molar-refractivity contribution in [2.45, 2.75) is 32.0 Å². The maximum atomic E-state index is 13.6. The molecule has 1 aromatic carbocycles. The zero-order chi connectivity index (χ0) is 17.8. The number of carbonyl (C=O) groups excluding carboxylic acids is 1. The van der Waals surface area contributed by atoms with Crippen molar-refractivity contribution in [3.63, 3.8) is 0 Å². The number of hydrogen-bond donors (Lipinski definition) is 2. The number of pyridine rings is 1. The fourth-order valence-electron chi connectivity index (χ4n) is 3.04. The van der Waals surface area contributed by atoms with Gasteiger partial charge >= 0.3 is 0 Å². The van der Waals surface area contributed by atoms with Crippen molar-refractivity contribution in [2.75, 3.05) is 13.1 Å². The van der Waals surface area contributed by atoms with E-state index in [-0.39, 0.29) is 17.5 Å². The van der Waals surface area contributed by atoms with Crippen LogP contribution in [0.2, 0.25) is 0 Å². The van der Waals surface area contributed by atoms with Gasteiger partial charge in [0.1, 0.15) is 5.82 Å². The number of aromatic nitrogens is 1. The number of aliphatic hydroxyl groups is 1. The van der Waals surface area contributed by atoms with E-state index < -0.39 is 11.9 Å². The Bertz CT molecular complexity index is 739. The first-order chi connectivity index (χ1) is 12.0. The van der Waals surface area contributed by atoms with Crippen molar-refractivity contribution < 1.29 is 14.3 Å². The minimum atomic E-state index is -0.662. The summed E-state index contributed by atoms with van der Waals surface area (Å²) in [6, 6.07) is 7.96. The number of benzene rings is 1. The van der Waals surface area contributed by atoms with Crippen LogP contribution < -0.4 is 5.32 Å². The zero-order valence-electron chi connectivity index (χ0n) is 14.2. The fourth-order valence-corrected chi connectivity index (χ4v) is 3.04. The van der Waals surface area contributed by atoms with Crippen LogP contribution in [-0.2, 0) is 6.54 Å². The Morgan fingerprint density at radius 1 is 1.44 bits per heavy atom. The van der Waals surface area contributed by atoms with Crippen LogP contribution in [0.5, 0.6) is 0 Å². The molecule has 2 heterocycles. The Kier molecular flexibility index (Phi) is 5.40. The first kappa shape index (κ1) is 17.5. The molecule has 1 fully saturated rings. The van der Waals surface area contributed by atoms with Crippen LogP contribution in [0.15, 0.2) is 42.7 Å². The van der Waals surface area contributed by atoms with Crippen molar-refractivity contribution in [1.29, 1.82) is 0 Å². The molecule has 1 aliphatic heterocycles. The number of piperidine rings is 1. The number of carbonyl (C=O) groups is 1. The number of β-amino-alcohol motifs (C(OH)–C–C–N with tert-alkyl or cyclic N) is 1. The van der Waals surface area contributed by atoms with Gasteiger partial charge < -0.3 is 10.4 Å². The predicted octanol–water partition coefficient (Wildman–Crippen LogP) is 1.89. The maximum absolute atomic E-state index is 13.6. The van der Waals surface area contributed by atoms with Gasteiger partial charge in [-0.2, -0.15) is 0 Å². The smallest absolute Gasteiger partial charge is 0.251 e. The summed E-state index contributed by atoms with van der Waals surface area (Å²) in [6.07, 6.45) is 3.52. The topological polar surface area (TPSA) is 65.5 Å². The van der Waals surface area contributed by atoms with Crippen LogP contribution in [0.25, 0.3) is 0 Å². The Morgan fingerprint density at radius 3 is 2.96 bits per heavy atom. The van der Waals surface area contributed by atoms with Gasteiger partial charge in [0.05, 0.1) is 12.1 Å². The Hall–Kier alpha value is -2.31. The van der Waals surface area contributed by atoms with Gasteiger partial charge in [-0.3, -0.25) is 14.7 Å². The number of hydrogen-bond acceptors (Lipinski definition) is 4. The van der Waals surface area contributed by atoms with E-state index in [1.807, 2.05) is 18.3 Å². The largest absolute Gasteiger partial charge is 0.390 e. The second kappa shape index (κ2) is 7.72. The predicted molar refractivity (Wildman–Crippen MR) is 92.5 cm³/mol. The van der Waals surface area contributed by atoms with Crippen LogP contribution in [0, 0.1) is 12.7 Å². The van der Waals surface area contributed by atoms with Gasteiger partial charge in [0.2, 0.25) is 0 Å². The van der Waals surface area contributed by atoms with Gasteiger partial charge in [-0.15, -0.1) is 0 Å². The van der Waals surface area contributed by atoms with E-state index in [1.165, 1.54) is 6.07 Å². The SMILES string of the molecule is Cc1ccc(C(=O)N[C@H]2CCN(Cc3cccnc3)C[C@@H]2O)cc1F. The summed E-state index contributed by atoms with van der Waals surface area (Å²) >= 11 is 0. The van der Waals surface area contributed by atoms with Crippen LogP contribution >= 0.6 is 0 Å². The molecular formula is C19H22FN3O2.